The number of carbonyl (C=O) groups is 1. The predicted octanol–water partition coefficient (Wildman–Crippen LogP) is 3.27. The highest BCUT2D eigenvalue weighted by Gasteiger charge is 2.16. The van der Waals surface area contributed by atoms with Crippen molar-refractivity contribution in [1.82, 2.24) is 5.32 Å². The molecule has 0 radical (unpaired) electrons. The molecule has 0 unspecified atom stereocenters. The first kappa shape index (κ1) is 14.6. The number of ether oxygens (including phenoxy) is 1. The van der Waals surface area contributed by atoms with Crippen LogP contribution in [0.4, 0.5) is 0 Å². The van der Waals surface area contributed by atoms with Crippen molar-refractivity contribution in [3.05, 3.63) is 28.8 Å². The van der Waals surface area contributed by atoms with E-state index in [4.69, 9.17) is 4.74 Å². The van der Waals surface area contributed by atoms with Gasteiger partial charge in [-0.25, -0.2) is 0 Å². The first-order chi connectivity index (χ1) is 8.36. The van der Waals surface area contributed by atoms with Crippen LogP contribution in [-0.4, -0.2) is 19.1 Å². The Hall–Kier alpha value is -1.51. The number of benzene rings is 1. The molecule has 3 nitrogen and oxygen atoms in total. The van der Waals surface area contributed by atoms with Gasteiger partial charge in [-0.15, -0.1) is 0 Å². The second-order valence-corrected chi connectivity index (χ2v) is 5.19. The fraction of sp³-hybridized carbons (Fsp3) is 0.533. The molecular formula is C15H23NO2. The number of nitrogens with one attached hydrogen (secondary N) is 1. The number of aryl methyl sites for hydroxylation is 1. The topological polar surface area (TPSA) is 38.3 Å². The van der Waals surface area contributed by atoms with Crippen molar-refractivity contribution in [2.75, 3.05) is 7.11 Å². The Labute approximate surface area is 110 Å². The van der Waals surface area contributed by atoms with E-state index in [1.807, 2.05) is 32.9 Å². The summed E-state index contributed by atoms with van der Waals surface area (Å²) in [4.78, 5) is 12.1. The maximum Gasteiger partial charge on any atom is 0.251 e. The maximum absolute atomic E-state index is 12.1. The maximum atomic E-state index is 12.1. The molecule has 1 aromatic carbocycles. The molecule has 0 aliphatic heterocycles. The molecule has 1 amide bonds. The van der Waals surface area contributed by atoms with Crippen molar-refractivity contribution in [2.24, 2.45) is 0 Å². The first-order valence-electron chi connectivity index (χ1n) is 6.36. The summed E-state index contributed by atoms with van der Waals surface area (Å²) >= 11 is 0. The predicted molar refractivity (Wildman–Crippen MR) is 74.4 cm³/mol. The highest BCUT2D eigenvalue weighted by molar-refractivity contribution is 5.96. The minimum absolute atomic E-state index is 0.0212. The molecule has 0 aromatic heterocycles. The fourth-order valence-corrected chi connectivity index (χ4v) is 1.91. The Morgan fingerprint density at radius 2 is 1.83 bits per heavy atom. The van der Waals surface area contributed by atoms with Gasteiger partial charge in [0.25, 0.3) is 5.91 Å². The molecule has 0 heterocycles. The Balaban J connectivity index is 3.21. The molecule has 1 N–H and O–H groups in total. The second kappa shape index (κ2) is 5.89. The lowest BCUT2D eigenvalue weighted by Gasteiger charge is -2.16. The van der Waals surface area contributed by atoms with E-state index in [0.29, 0.717) is 5.92 Å². The van der Waals surface area contributed by atoms with Crippen LogP contribution < -0.4 is 10.1 Å². The third kappa shape index (κ3) is 3.25. The van der Waals surface area contributed by atoms with Crippen LogP contribution >= 0.6 is 0 Å². The van der Waals surface area contributed by atoms with E-state index < -0.39 is 0 Å². The van der Waals surface area contributed by atoms with Gasteiger partial charge >= 0.3 is 0 Å². The summed E-state index contributed by atoms with van der Waals surface area (Å²) in [5.41, 5.74) is 2.74. The van der Waals surface area contributed by atoms with Crippen LogP contribution in [0.2, 0.25) is 0 Å². The van der Waals surface area contributed by atoms with Crippen molar-refractivity contribution >= 4 is 5.91 Å². The monoisotopic (exact) mass is 249 g/mol. The van der Waals surface area contributed by atoms with Gasteiger partial charge in [-0.2, -0.15) is 0 Å². The summed E-state index contributed by atoms with van der Waals surface area (Å²) in [6.45, 7) is 10.0. The summed E-state index contributed by atoms with van der Waals surface area (Å²) in [6, 6.07) is 4.02. The van der Waals surface area contributed by atoms with Gasteiger partial charge < -0.3 is 10.1 Å². The number of carbonyl (C=O) groups excluding carboxylic acids is 1. The van der Waals surface area contributed by atoms with Gasteiger partial charge in [0.05, 0.1) is 7.11 Å². The number of hydrogen-bond donors (Lipinski definition) is 1. The van der Waals surface area contributed by atoms with Gasteiger partial charge in [-0.1, -0.05) is 13.8 Å². The average Bonchev–Trinajstić information content (AvgIpc) is 2.26. The van der Waals surface area contributed by atoms with Crippen LogP contribution in [0.25, 0.3) is 0 Å². The van der Waals surface area contributed by atoms with Crippen molar-refractivity contribution in [1.29, 1.82) is 0 Å². The number of methoxy groups -OCH3 is 1. The molecule has 0 saturated heterocycles. The quantitative estimate of drug-likeness (QED) is 0.889. The van der Waals surface area contributed by atoms with Gasteiger partial charge in [0, 0.05) is 11.6 Å². The summed E-state index contributed by atoms with van der Waals surface area (Å²) in [7, 11) is 1.66. The zero-order chi connectivity index (χ0) is 13.9. The van der Waals surface area contributed by atoms with Gasteiger partial charge in [0.1, 0.15) is 5.75 Å². The van der Waals surface area contributed by atoms with E-state index in [1.165, 1.54) is 0 Å². The van der Waals surface area contributed by atoms with E-state index in [1.54, 1.807) is 7.11 Å². The van der Waals surface area contributed by atoms with Crippen LogP contribution in [0.3, 0.4) is 0 Å². The molecule has 0 atom stereocenters. The van der Waals surface area contributed by atoms with Gasteiger partial charge in [-0.3, -0.25) is 4.79 Å². The lowest BCUT2D eigenvalue weighted by molar-refractivity contribution is 0.0942. The molecule has 0 aliphatic carbocycles. The summed E-state index contributed by atoms with van der Waals surface area (Å²) < 4.78 is 5.37. The standard InChI is InChI=1S/C15H23NO2/c1-9(2)12-8-13(15(17)16-10(3)4)11(5)7-14(12)18-6/h7-10H,1-6H3,(H,16,17). The van der Waals surface area contributed by atoms with Crippen molar-refractivity contribution < 1.29 is 9.53 Å². The molecule has 18 heavy (non-hydrogen) atoms. The molecule has 0 saturated carbocycles. The lowest BCUT2D eigenvalue weighted by Crippen LogP contribution is -2.30. The second-order valence-electron chi connectivity index (χ2n) is 5.19. The Kier molecular flexibility index (Phi) is 4.76. The largest absolute Gasteiger partial charge is 0.496 e. The Morgan fingerprint density at radius 3 is 2.28 bits per heavy atom. The molecule has 0 aliphatic rings. The third-order valence-corrected chi connectivity index (χ3v) is 2.86. The van der Waals surface area contributed by atoms with E-state index in [9.17, 15) is 4.79 Å². The smallest absolute Gasteiger partial charge is 0.251 e. The Morgan fingerprint density at radius 1 is 1.22 bits per heavy atom. The van der Waals surface area contributed by atoms with Crippen LogP contribution in [-0.2, 0) is 0 Å². The zero-order valence-corrected chi connectivity index (χ0v) is 12.1. The highest BCUT2D eigenvalue weighted by Crippen LogP contribution is 2.29. The van der Waals surface area contributed by atoms with Crippen LogP contribution in [0.5, 0.6) is 5.75 Å². The summed E-state index contributed by atoms with van der Waals surface area (Å²) in [6.07, 6.45) is 0. The SMILES string of the molecule is COc1cc(C)c(C(=O)NC(C)C)cc1C(C)C. The minimum atomic E-state index is -0.0212. The number of amides is 1. The number of hydrogen-bond acceptors (Lipinski definition) is 2. The molecule has 0 spiro atoms. The normalized spacial score (nSPS) is 10.9. The van der Waals surface area contributed by atoms with Crippen molar-refractivity contribution in [3.8, 4) is 5.75 Å². The van der Waals surface area contributed by atoms with Gasteiger partial charge in [-0.05, 0) is 49.9 Å². The highest BCUT2D eigenvalue weighted by atomic mass is 16.5. The van der Waals surface area contributed by atoms with E-state index in [2.05, 4.69) is 19.2 Å². The Bertz CT molecular complexity index is 436. The fourth-order valence-electron chi connectivity index (χ4n) is 1.91. The molecule has 0 bridgehead atoms. The summed E-state index contributed by atoms with van der Waals surface area (Å²) in [5, 5.41) is 2.92. The van der Waals surface area contributed by atoms with E-state index in [0.717, 1.165) is 22.4 Å². The average molecular weight is 249 g/mol. The molecule has 1 rings (SSSR count). The van der Waals surface area contributed by atoms with Crippen molar-refractivity contribution in [3.63, 3.8) is 0 Å². The van der Waals surface area contributed by atoms with Crippen LogP contribution in [0.1, 0.15) is 55.1 Å². The third-order valence-electron chi connectivity index (χ3n) is 2.86. The molecule has 100 valence electrons. The van der Waals surface area contributed by atoms with Gasteiger partial charge in [0.2, 0.25) is 0 Å². The zero-order valence-electron chi connectivity index (χ0n) is 12.1. The van der Waals surface area contributed by atoms with Crippen LogP contribution in [0.15, 0.2) is 12.1 Å². The number of rotatable bonds is 4. The van der Waals surface area contributed by atoms with E-state index in [-0.39, 0.29) is 11.9 Å². The lowest BCUT2D eigenvalue weighted by atomic mass is 9.96. The molecular weight excluding hydrogens is 226 g/mol. The summed E-state index contributed by atoms with van der Waals surface area (Å²) in [5.74, 6) is 1.15. The molecule has 0 fully saturated rings. The van der Waals surface area contributed by atoms with Gasteiger partial charge in [0.15, 0.2) is 0 Å². The molecule has 3 heteroatoms. The van der Waals surface area contributed by atoms with E-state index >= 15 is 0 Å². The minimum Gasteiger partial charge on any atom is -0.496 e. The van der Waals surface area contributed by atoms with Crippen LogP contribution in [0, 0.1) is 6.92 Å². The first-order valence-corrected chi connectivity index (χ1v) is 6.36. The molecule has 1 aromatic rings. The van der Waals surface area contributed by atoms with Crippen molar-refractivity contribution in [2.45, 2.75) is 46.6 Å².